The Labute approximate surface area is 107 Å². The molecule has 0 aromatic heterocycles. The molecular formula is C14H15NO2S. The quantitative estimate of drug-likeness (QED) is 0.864. The van der Waals surface area contributed by atoms with Crippen molar-refractivity contribution in [3.05, 3.63) is 59.7 Å². The van der Waals surface area contributed by atoms with Gasteiger partial charge in [-0.3, -0.25) is 0 Å². The molecule has 2 aromatic rings. The van der Waals surface area contributed by atoms with Gasteiger partial charge in [0.1, 0.15) is 0 Å². The number of nitrogen functional groups attached to an aromatic ring is 1. The lowest BCUT2D eigenvalue weighted by atomic mass is 10.1. The number of benzene rings is 2. The third kappa shape index (κ3) is 2.71. The maximum absolute atomic E-state index is 12.2. The van der Waals surface area contributed by atoms with Gasteiger partial charge in [0.15, 0.2) is 9.84 Å². The number of hydrogen-bond acceptors (Lipinski definition) is 3. The highest BCUT2D eigenvalue weighted by Crippen LogP contribution is 2.19. The SMILES string of the molecule is Cc1cc(CS(=O)(=O)c2ccccc2)ccc1N. The topological polar surface area (TPSA) is 60.2 Å². The van der Waals surface area contributed by atoms with Crippen LogP contribution < -0.4 is 5.73 Å². The van der Waals surface area contributed by atoms with E-state index in [-0.39, 0.29) is 5.75 Å². The first-order chi connectivity index (χ1) is 8.49. The maximum Gasteiger partial charge on any atom is 0.182 e. The van der Waals surface area contributed by atoms with Gasteiger partial charge in [-0.25, -0.2) is 8.42 Å². The van der Waals surface area contributed by atoms with Crippen molar-refractivity contribution in [1.82, 2.24) is 0 Å². The Balaban J connectivity index is 2.31. The molecule has 0 aliphatic heterocycles. The summed E-state index contributed by atoms with van der Waals surface area (Å²) in [5, 5.41) is 0. The zero-order valence-electron chi connectivity index (χ0n) is 10.1. The number of anilines is 1. The summed E-state index contributed by atoms with van der Waals surface area (Å²) < 4.78 is 24.3. The van der Waals surface area contributed by atoms with E-state index < -0.39 is 9.84 Å². The Bertz CT molecular complexity index is 649. The Morgan fingerprint density at radius 1 is 1.06 bits per heavy atom. The summed E-state index contributed by atoms with van der Waals surface area (Å²) in [5.41, 5.74) is 8.04. The first-order valence-corrected chi connectivity index (χ1v) is 7.27. The fourth-order valence-corrected chi connectivity index (χ4v) is 3.12. The van der Waals surface area contributed by atoms with Crippen LogP contribution >= 0.6 is 0 Å². The molecule has 0 aliphatic rings. The molecule has 0 radical (unpaired) electrons. The van der Waals surface area contributed by atoms with E-state index in [1.807, 2.05) is 13.0 Å². The zero-order valence-corrected chi connectivity index (χ0v) is 10.9. The third-order valence-corrected chi connectivity index (χ3v) is 4.50. The molecule has 2 aromatic carbocycles. The summed E-state index contributed by atoms with van der Waals surface area (Å²) in [6.45, 7) is 1.87. The van der Waals surface area contributed by atoms with Gasteiger partial charge in [0.05, 0.1) is 10.6 Å². The summed E-state index contributed by atoms with van der Waals surface area (Å²) in [6, 6.07) is 13.8. The average molecular weight is 261 g/mol. The minimum absolute atomic E-state index is 0.00185. The van der Waals surface area contributed by atoms with Crippen LogP contribution in [-0.4, -0.2) is 8.42 Å². The van der Waals surface area contributed by atoms with E-state index in [0.29, 0.717) is 10.6 Å². The summed E-state index contributed by atoms with van der Waals surface area (Å²) >= 11 is 0. The van der Waals surface area contributed by atoms with E-state index in [0.717, 1.165) is 11.1 Å². The fraction of sp³-hybridized carbons (Fsp3) is 0.143. The largest absolute Gasteiger partial charge is 0.399 e. The smallest absolute Gasteiger partial charge is 0.182 e. The predicted octanol–water partition coefficient (Wildman–Crippen LogP) is 2.55. The van der Waals surface area contributed by atoms with Crippen LogP contribution in [0, 0.1) is 6.92 Å². The second-order valence-corrected chi connectivity index (χ2v) is 6.25. The predicted molar refractivity (Wildman–Crippen MR) is 72.9 cm³/mol. The molecule has 2 N–H and O–H groups in total. The van der Waals surface area contributed by atoms with Gasteiger partial charge in [0.25, 0.3) is 0 Å². The van der Waals surface area contributed by atoms with Crippen LogP contribution in [0.5, 0.6) is 0 Å². The number of hydrogen-bond donors (Lipinski definition) is 1. The van der Waals surface area contributed by atoms with E-state index in [4.69, 9.17) is 5.73 Å². The van der Waals surface area contributed by atoms with Crippen LogP contribution in [0.15, 0.2) is 53.4 Å². The van der Waals surface area contributed by atoms with E-state index in [1.165, 1.54) is 0 Å². The highest BCUT2D eigenvalue weighted by molar-refractivity contribution is 7.90. The lowest BCUT2D eigenvalue weighted by Gasteiger charge is -2.06. The van der Waals surface area contributed by atoms with Gasteiger partial charge >= 0.3 is 0 Å². The normalized spacial score (nSPS) is 11.4. The van der Waals surface area contributed by atoms with Crippen LogP contribution in [0.2, 0.25) is 0 Å². The molecule has 3 nitrogen and oxygen atoms in total. The van der Waals surface area contributed by atoms with Crippen molar-refractivity contribution in [3.63, 3.8) is 0 Å². The average Bonchev–Trinajstić information content (AvgIpc) is 2.35. The van der Waals surface area contributed by atoms with Crippen LogP contribution in [0.3, 0.4) is 0 Å². The fourth-order valence-electron chi connectivity index (χ4n) is 1.76. The number of aryl methyl sites for hydroxylation is 1. The van der Waals surface area contributed by atoms with Crippen molar-refractivity contribution in [2.45, 2.75) is 17.6 Å². The van der Waals surface area contributed by atoms with Crippen LogP contribution in [0.4, 0.5) is 5.69 Å². The minimum atomic E-state index is -3.28. The molecule has 0 fully saturated rings. The molecule has 0 amide bonds. The molecule has 94 valence electrons. The van der Waals surface area contributed by atoms with Gasteiger partial charge in [0.2, 0.25) is 0 Å². The molecule has 18 heavy (non-hydrogen) atoms. The monoisotopic (exact) mass is 261 g/mol. The minimum Gasteiger partial charge on any atom is -0.399 e. The summed E-state index contributed by atoms with van der Waals surface area (Å²) in [5.74, 6) is -0.00185. The molecule has 0 saturated heterocycles. The third-order valence-electron chi connectivity index (χ3n) is 2.79. The molecular weight excluding hydrogens is 246 g/mol. The van der Waals surface area contributed by atoms with Crippen molar-refractivity contribution in [3.8, 4) is 0 Å². The van der Waals surface area contributed by atoms with Crippen molar-refractivity contribution >= 4 is 15.5 Å². The summed E-state index contributed by atoms with van der Waals surface area (Å²) in [7, 11) is -3.28. The lowest BCUT2D eigenvalue weighted by molar-refractivity contribution is 0.595. The molecule has 0 saturated carbocycles. The number of rotatable bonds is 3. The molecule has 0 heterocycles. The lowest BCUT2D eigenvalue weighted by Crippen LogP contribution is -2.05. The van der Waals surface area contributed by atoms with Crippen LogP contribution in [0.25, 0.3) is 0 Å². The molecule has 0 atom stereocenters. The van der Waals surface area contributed by atoms with Crippen LogP contribution in [-0.2, 0) is 15.6 Å². The van der Waals surface area contributed by atoms with Gasteiger partial charge < -0.3 is 5.73 Å². The molecule has 2 rings (SSSR count). The van der Waals surface area contributed by atoms with Crippen molar-refractivity contribution in [2.24, 2.45) is 0 Å². The zero-order chi connectivity index (χ0) is 13.2. The van der Waals surface area contributed by atoms with Crippen molar-refractivity contribution in [1.29, 1.82) is 0 Å². The first kappa shape index (κ1) is 12.6. The highest BCUT2D eigenvalue weighted by Gasteiger charge is 2.14. The van der Waals surface area contributed by atoms with Gasteiger partial charge in [-0.15, -0.1) is 0 Å². The first-order valence-electron chi connectivity index (χ1n) is 5.62. The standard InChI is InChI=1S/C14H15NO2S/c1-11-9-12(7-8-14(11)15)10-18(16,17)13-5-3-2-4-6-13/h2-9H,10,15H2,1H3. The molecule has 0 aliphatic carbocycles. The van der Waals surface area contributed by atoms with Crippen molar-refractivity contribution < 1.29 is 8.42 Å². The number of sulfone groups is 1. The Hall–Kier alpha value is -1.81. The van der Waals surface area contributed by atoms with E-state index >= 15 is 0 Å². The Morgan fingerprint density at radius 3 is 2.33 bits per heavy atom. The molecule has 0 spiro atoms. The Kier molecular flexibility index (Phi) is 3.39. The van der Waals surface area contributed by atoms with E-state index in [1.54, 1.807) is 42.5 Å². The second kappa shape index (κ2) is 4.82. The van der Waals surface area contributed by atoms with Gasteiger partial charge in [0, 0.05) is 5.69 Å². The van der Waals surface area contributed by atoms with Gasteiger partial charge in [-0.05, 0) is 36.2 Å². The summed E-state index contributed by atoms with van der Waals surface area (Å²) in [4.78, 5) is 0.347. The second-order valence-electron chi connectivity index (χ2n) is 4.26. The number of nitrogens with two attached hydrogens (primary N) is 1. The highest BCUT2D eigenvalue weighted by atomic mass is 32.2. The maximum atomic E-state index is 12.2. The van der Waals surface area contributed by atoms with Crippen molar-refractivity contribution in [2.75, 3.05) is 5.73 Å². The molecule has 0 bridgehead atoms. The van der Waals surface area contributed by atoms with Gasteiger partial charge in [-0.1, -0.05) is 30.3 Å². The molecule has 4 heteroatoms. The van der Waals surface area contributed by atoms with E-state index in [9.17, 15) is 8.42 Å². The molecule has 0 unspecified atom stereocenters. The Morgan fingerprint density at radius 2 is 1.72 bits per heavy atom. The van der Waals surface area contributed by atoms with E-state index in [2.05, 4.69) is 0 Å². The van der Waals surface area contributed by atoms with Crippen LogP contribution in [0.1, 0.15) is 11.1 Å². The summed E-state index contributed by atoms with van der Waals surface area (Å²) in [6.07, 6.45) is 0. The van der Waals surface area contributed by atoms with Gasteiger partial charge in [-0.2, -0.15) is 0 Å².